The first-order valence-electron chi connectivity index (χ1n) is 8.71. The van der Waals surface area contributed by atoms with Gasteiger partial charge in [0.25, 0.3) is 0 Å². The number of rotatable bonds is 5. The van der Waals surface area contributed by atoms with Crippen LogP contribution in [0.5, 0.6) is 11.5 Å². The minimum absolute atomic E-state index is 0.866. The van der Waals surface area contributed by atoms with E-state index in [9.17, 15) is 0 Å². The molecular weight excluding hydrogens is 423 g/mol. The van der Waals surface area contributed by atoms with Crippen LogP contribution < -0.4 is 15.5 Å². The number of hydrogen-bond donors (Lipinski definition) is 0. The van der Waals surface area contributed by atoms with E-state index in [1.165, 1.54) is 10.7 Å². The summed E-state index contributed by atoms with van der Waals surface area (Å²) in [6.45, 7) is 0. The van der Waals surface area contributed by atoms with Gasteiger partial charge in [0.15, 0.2) is 0 Å². The van der Waals surface area contributed by atoms with E-state index in [4.69, 9.17) is 4.74 Å². The summed E-state index contributed by atoms with van der Waals surface area (Å²) in [6.07, 6.45) is 0. The molecule has 0 amide bonds. The van der Waals surface area contributed by atoms with Crippen LogP contribution in [-0.4, -0.2) is 19.8 Å². The van der Waals surface area contributed by atoms with E-state index < -0.39 is 19.8 Å². The second-order valence-corrected chi connectivity index (χ2v) is 13.1. The van der Waals surface area contributed by atoms with Crippen LogP contribution in [0.15, 0.2) is 115 Å². The zero-order valence-electron chi connectivity index (χ0n) is 14.4. The molecule has 0 saturated heterocycles. The topological polar surface area (TPSA) is 9.23 Å². The average molecular weight is 442 g/mol. The Morgan fingerprint density at radius 3 is 1.27 bits per heavy atom. The maximum atomic E-state index is 5.95. The van der Waals surface area contributed by atoms with Crippen LogP contribution in [0.2, 0.25) is 0 Å². The molecule has 0 aliphatic carbocycles. The Kier molecular flexibility index (Phi) is 5.36. The van der Waals surface area contributed by atoms with Gasteiger partial charge in [0.1, 0.15) is 0 Å². The van der Waals surface area contributed by atoms with E-state index in [0.29, 0.717) is 0 Å². The van der Waals surface area contributed by atoms with Gasteiger partial charge in [-0.3, -0.25) is 0 Å². The van der Waals surface area contributed by atoms with E-state index >= 15 is 0 Å². The van der Waals surface area contributed by atoms with Crippen LogP contribution in [0.1, 0.15) is 0 Å². The second kappa shape index (κ2) is 8.24. The average Bonchev–Trinajstić information content (AvgIpc) is 2.72. The van der Waals surface area contributed by atoms with Gasteiger partial charge in [0, 0.05) is 0 Å². The molecule has 1 radical (unpaired) electrons. The predicted molar refractivity (Wildman–Crippen MR) is 110 cm³/mol. The predicted octanol–water partition coefficient (Wildman–Crippen LogP) is 4.00. The molecule has 4 aromatic carbocycles. The van der Waals surface area contributed by atoms with Crippen molar-refractivity contribution < 1.29 is 4.74 Å². The first kappa shape index (κ1) is 16.9. The Morgan fingerprint density at radius 1 is 0.385 bits per heavy atom. The molecular formula is C24H19OSn. The van der Waals surface area contributed by atoms with Crippen LogP contribution in [0.25, 0.3) is 0 Å². The molecule has 4 rings (SSSR count). The Bertz CT molecular complexity index is 896. The molecule has 0 heterocycles. The van der Waals surface area contributed by atoms with Gasteiger partial charge in [-0.15, -0.1) is 0 Å². The van der Waals surface area contributed by atoms with Gasteiger partial charge in [-0.05, 0) is 0 Å². The van der Waals surface area contributed by atoms with Gasteiger partial charge in [-0.2, -0.15) is 0 Å². The van der Waals surface area contributed by atoms with Crippen LogP contribution in [-0.2, 0) is 0 Å². The summed E-state index contributed by atoms with van der Waals surface area (Å²) in [5.74, 6) is 1.74. The van der Waals surface area contributed by atoms with Crippen LogP contribution in [0.3, 0.4) is 0 Å². The summed E-state index contributed by atoms with van der Waals surface area (Å²) < 4.78 is 10.4. The summed E-state index contributed by atoms with van der Waals surface area (Å²) in [6, 6.07) is 40.4. The summed E-state index contributed by atoms with van der Waals surface area (Å²) in [5.41, 5.74) is 0. The van der Waals surface area contributed by atoms with Gasteiger partial charge in [-0.1, -0.05) is 0 Å². The second-order valence-electron chi connectivity index (χ2n) is 6.05. The minimum atomic E-state index is -2.17. The SMILES string of the molecule is c1ccc(Oc2cc[c]([Sn]([c]3ccccc3)[c]3ccccc3)cc2)cc1. The fourth-order valence-corrected chi connectivity index (χ4v) is 10.3. The van der Waals surface area contributed by atoms with E-state index in [1.54, 1.807) is 0 Å². The molecule has 0 aliphatic heterocycles. The van der Waals surface area contributed by atoms with Gasteiger partial charge < -0.3 is 0 Å². The molecule has 0 bridgehead atoms. The molecule has 0 saturated carbocycles. The summed E-state index contributed by atoms with van der Waals surface area (Å²) in [4.78, 5) is 0. The molecule has 0 aliphatic rings. The molecule has 0 spiro atoms. The molecule has 0 atom stereocenters. The van der Waals surface area contributed by atoms with E-state index in [0.717, 1.165) is 11.5 Å². The van der Waals surface area contributed by atoms with Crippen molar-refractivity contribution in [3.05, 3.63) is 115 Å². The zero-order chi connectivity index (χ0) is 17.6. The van der Waals surface area contributed by atoms with Gasteiger partial charge >= 0.3 is 162 Å². The summed E-state index contributed by atoms with van der Waals surface area (Å²) in [7, 11) is 0. The van der Waals surface area contributed by atoms with Crippen molar-refractivity contribution in [2.24, 2.45) is 0 Å². The van der Waals surface area contributed by atoms with Crippen LogP contribution in [0.4, 0.5) is 0 Å². The first-order valence-corrected chi connectivity index (χ1v) is 13.0. The first-order chi connectivity index (χ1) is 12.9. The maximum absolute atomic E-state index is 5.95. The Morgan fingerprint density at radius 2 is 0.769 bits per heavy atom. The number of para-hydroxylation sites is 1. The van der Waals surface area contributed by atoms with Crippen molar-refractivity contribution >= 4 is 30.5 Å². The molecule has 0 N–H and O–H groups in total. The van der Waals surface area contributed by atoms with Crippen molar-refractivity contribution in [1.29, 1.82) is 0 Å². The molecule has 1 nitrogen and oxygen atoms in total. The van der Waals surface area contributed by atoms with Crippen molar-refractivity contribution in [2.75, 3.05) is 0 Å². The number of benzene rings is 4. The Labute approximate surface area is 161 Å². The third kappa shape index (κ3) is 4.00. The Balaban J connectivity index is 1.66. The van der Waals surface area contributed by atoms with Gasteiger partial charge in [0.05, 0.1) is 0 Å². The van der Waals surface area contributed by atoms with Crippen molar-refractivity contribution in [1.82, 2.24) is 0 Å². The normalized spacial score (nSPS) is 10.7. The molecule has 0 fully saturated rings. The van der Waals surface area contributed by atoms with Crippen LogP contribution in [0, 0.1) is 0 Å². The standard InChI is InChI=1S/C12H9O.2C6H5.Sn/c1-3-7-11(8-4-1)13-12-9-5-2-6-10-12;2*1-2-4-6-5-3-1;/h1,3-10H;2*1-5H;. The third-order valence-corrected chi connectivity index (χ3v) is 12.0. The van der Waals surface area contributed by atoms with Crippen molar-refractivity contribution in [3.63, 3.8) is 0 Å². The molecule has 125 valence electrons. The van der Waals surface area contributed by atoms with E-state index in [-0.39, 0.29) is 0 Å². The third-order valence-electron chi connectivity index (χ3n) is 4.25. The number of hydrogen-bond acceptors (Lipinski definition) is 1. The molecule has 2 heteroatoms. The Hall–Kier alpha value is -2.52. The fraction of sp³-hybridized carbons (Fsp3) is 0. The molecule has 26 heavy (non-hydrogen) atoms. The number of ether oxygens (including phenoxy) is 1. The fourth-order valence-electron chi connectivity index (χ4n) is 3.02. The quantitative estimate of drug-likeness (QED) is 0.425. The van der Waals surface area contributed by atoms with E-state index in [2.05, 4.69) is 84.9 Å². The molecule has 4 aromatic rings. The molecule has 0 aromatic heterocycles. The zero-order valence-corrected chi connectivity index (χ0v) is 17.2. The van der Waals surface area contributed by atoms with Crippen molar-refractivity contribution in [2.45, 2.75) is 0 Å². The van der Waals surface area contributed by atoms with Crippen molar-refractivity contribution in [3.8, 4) is 11.5 Å². The van der Waals surface area contributed by atoms with Crippen LogP contribution >= 0.6 is 0 Å². The van der Waals surface area contributed by atoms with Gasteiger partial charge in [0.2, 0.25) is 0 Å². The van der Waals surface area contributed by atoms with Gasteiger partial charge in [-0.25, -0.2) is 0 Å². The monoisotopic (exact) mass is 443 g/mol. The summed E-state index contributed by atoms with van der Waals surface area (Å²) in [5, 5.41) is 0. The van der Waals surface area contributed by atoms with E-state index in [1.807, 2.05) is 30.3 Å². The molecule has 0 unspecified atom stereocenters. The summed E-state index contributed by atoms with van der Waals surface area (Å²) >= 11 is -2.17.